The summed E-state index contributed by atoms with van der Waals surface area (Å²) in [6.45, 7) is 6.18. The molecule has 0 spiro atoms. The van der Waals surface area contributed by atoms with Crippen LogP contribution in [0.2, 0.25) is 0 Å². The molecule has 0 atom stereocenters. The van der Waals surface area contributed by atoms with Crippen LogP contribution in [0.3, 0.4) is 0 Å². The van der Waals surface area contributed by atoms with Gasteiger partial charge in [-0.3, -0.25) is 0 Å². The highest BCUT2D eigenvalue weighted by molar-refractivity contribution is 5.94. The van der Waals surface area contributed by atoms with Gasteiger partial charge in [0.05, 0.1) is 5.56 Å². The normalized spacial score (nSPS) is 17.1. The van der Waals surface area contributed by atoms with Crippen LogP contribution in [0.1, 0.15) is 30.1 Å². The maximum absolute atomic E-state index is 13.1. The fourth-order valence-corrected chi connectivity index (χ4v) is 2.61. The molecule has 1 aliphatic rings. The van der Waals surface area contributed by atoms with Gasteiger partial charge in [0, 0.05) is 12.2 Å². The second kappa shape index (κ2) is 6.70. The molecule has 1 heterocycles. The SMILES string of the molecule is CCN1CCC(CNc2ccc(F)cc2C(=O)O)CC1. The van der Waals surface area contributed by atoms with Crippen molar-refractivity contribution in [3.63, 3.8) is 0 Å². The van der Waals surface area contributed by atoms with Crippen molar-refractivity contribution < 1.29 is 14.3 Å². The van der Waals surface area contributed by atoms with Gasteiger partial charge in [-0.1, -0.05) is 6.92 Å². The van der Waals surface area contributed by atoms with Crippen molar-refractivity contribution in [2.24, 2.45) is 5.92 Å². The first-order valence-electron chi connectivity index (χ1n) is 7.09. The van der Waals surface area contributed by atoms with Crippen molar-refractivity contribution in [1.82, 2.24) is 4.90 Å². The first kappa shape index (κ1) is 14.8. The molecule has 0 aromatic heterocycles. The lowest BCUT2D eigenvalue weighted by atomic mass is 9.96. The Bertz CT molecular complexity index is 471. The molecular formula is C15H21FN2O2. The van der Waals surface area contributed by atoms with E-state index in [1.165, 1.54) is 12.1 Å². The fourth-order valence-electron chi connectivity index (χ4n) is 2.61. The summed E-state index contributed by atoms with van der Waals surface area (Å²) >= 11 is 0. The van der Waals surface area contributed by atoms with Gasteiger partial charge in [0.1, 0.15) is 5.82 Å². The number of carboxylic acid groups (broad SMARTS) is 1. The monoisotopic (exact) mass is 280 g/mol. The maximum Gasteiger partial charge on any atom is 0.337 e. The zero-order valence-electron chi connectivity index (χ0n) is 11.7. The summed E-state index contributed by atoms with van der Waals surface area (Å²) in [4.78, 5) is 13.5. The third-order valence-electron chi connectivity index (χ3n) is 3.95. The van der Waals surface area contributed by atoms with Gasteiger partial charge >= 0.3 is 5.97 Å². The summed E-state index contributed by atoms with van der Waals surface area (Å²) in [6.07, 6.45) is 2.23. The van der Waals surface area contributed by atoms with Crippen LogP contribution in [0, 0.1) is 11.7 Å². The first-order valence-corrected chi connectivity index (χ1v) is 7.09. The van der Waals surface area contributed by atoms with Gasteiger partial charge < -0.3 is 15.3 Å². The maximum atomic E-state index is 13.1. The van der Waals surface area contributed by atoms with Crippen LogP contribution in [-0.4, -0.2) is 42.2 Å². The zero-order valence-corrected chi connectivity index (χ0v) is 11.7. The van der Waals surface area contributed by atoms with Crippen LogP contribution in [0.25, 0.3) is 0 Å². The lowest BCUT2D eigenvalue weighted by Crippen LogP contribution is -2.35. The quantitative estimate of drug-likeness (QED) is 0.870. The van der Waals surface area contributed by atoms with E-state index in [-0.39, 0.29) is 5.56 Å². The third-order valence-corrected chi connectivity index (χ3v) is 3.95. The third kappa shape index (κ3) is 3.70. The van der Waals surface area contributed by atoms with Crippen LogP contribution >= 0.6 is 0 Å². The van der Waals surface area contributed by atoms with Crippen LogP contribution in [0.4, 0.5) is 10.1 Å². The van der Waals surface area contributed by atoms with E-state index in [1.807, 2.05) is 0 Å². The Morgan fingerprint density at radius 1 is 1.45 bits per heavy atom. The van der Waals surface area contributed by atoms with Crippen LogP contribution < -0.4 is 5.32 Å². The van der Waals surface area contributed by atoms with E-state index >= 15 is 0 Å². The highest BCUT2D eigenvalue weighted by Gasteiger charge is 2.19. The van der Waals surface area contributed by atoms with E-state index in [1.54, 1.807) is 0 Å². The molecule has 0 saturated carbocycles. The molecule has 0 bridgehead atoms. The Hall–Kier alpha value is -1.62. The van der Waals surface area contributed by atoms with Crippen LogP contribution in [0.5, 0.6) is 0 Å². The standard InChI is InChI=1S/C15H21FN2O2/c1-2-18-7-5-11(6-8-18)10-17-14-4-3-12(16)9-13(14)15(19)20/h3-4,9,11,17H,2,5-8,10H2,1H3,(H,19,20). The summed E-state index contributed by atoms with van der Waals surface area (Å²) in [5.74, 6) is -1.08. The lowest BCUT2D eigenvalue weighted by molar-refractivity contribution is 0.0697. The van der Waals surface area contributed by atoms with Crippen molar-refractivity contribution in [3.8, 4) is 0 Å². The number of carbonyl (C=O) groups is 1. The second-order valence-corrected chi connectivity index (χ2v) is 5.25. The van der Waals surface area contributed by atoms with Gasteiger partial charge in [-0.2, -0.15) is 0 Å². The molecule has 0 radical (unpaired) electrons. The van der Waals surface area contributed by atoms with E-state index < -0.39 is 11.8 Å². The number of carboxylic acids is 1. The average molecular weight is 280 g/mol. The van der Waals surface area contributed by atoms with Crippen LogP contribution in [-0.2, 0) is 0 Å². The number of benzene rings is 1. The molecular weight excluding hydrogens is 259 g/mol. The molecule has 1 saturated heterocycles. The minimum Gasteiger partial charge on any atom is -0.478 e. The Kier molecular flexibility index (Phi) is 4.95. The van der Waals surface area contributed by atoms with Gasteiger partial charge in [0.25, 0.3) is 0 Å². The molecule has 0 aliphatic carbocycles. The number of likely N-dealkylation sites (tertiary alicyclic amines) is 1. The number of halogens is 1. The fraction of sp³-hybridized carbons (Fsp3) is 0.533. The van der Waals surface area contributed by atoms with Gasteiger partial charge in [-0.15, -0.1) is 0 Å². The number of nitrogens with one attached hydrogen (secondary N) is 1. The highest BCUT2D eigenvalue weighted by atomic mass is 19.1. The van der Waals surface area contributed by atoms with Crippen molar-refractivity contribution in [3.05, 3.63) is 29.6 Å². The summed E-state index contributed by atoms with van der Waals surface area (Å²) < 4.78 is 13.1. The number of anilines is 1. The van der Waals surface area contributed by atoms with Crippen molar-refractivity contribution in [1.29, 1.82) is 0 Å². The van der Waals surface area contributed by atoms with Crippen molar-refractivity contribution in [2.75, 3.05) is 31.5 Å². The lowest BCUT2D eigenvalue weighted by Gasteiger charge is -2.31. The zero-order chi connectivity index (χ0) is 14.5. The largest absolute Gasteiger partial charge is 0.478 e. The molecule has 1 aliphatic heterocycles. The Balaban J connectivity index is 1.93. The predicted molar refractivity (Wildman–Crippen MR) is 76.7 cm³/mol. The van der Waals surface area contributed by atoms with Crippen LogP contribution in [0.15, 0.2) is 18.2 Å². The average Bonchev–Trinajstić information content (AvgIpc) is 2.46. The molecule has 1 fully saturated rings. The highest BCUT2D eigenvalue weighted by Crippen LogP contribution is 2.21. The van der Waals surface area contributed by atoms with E-state index in [4.69, 9.17) is 5.11 Å². The number of piperidine rings is 1. The molecule has 1 aromatic rings. The summed E-state index contributed by atoms with van der Waals surface area (Å²) in [5.41, 5.74) is 0.493. The topological polar surface area (TPSA) is 52.6 Å². The molecule has 0 amide bonds. The van der Waals surface area contributed by atoms with Gasteiger partial charge in [0.15, 0.2) is 0 Å². The summed E-state index contributed by atoms with van der Waals surface area (Å²) in [6, 6.07) is 3.85. The molecule has 2 N–H and O–H groups in total. The first-order chi connectivity index (χ1) is 9.60. The van der Waals surface area contributed by atoms with Gasteiger partial charge in [-0.05, 0) is 56.6 Å². The van der Waals surface area contributed by atoms with Crippen molar-refractivity contribution in [2.45, 2.75) is 19.8 Å². The molecule has 4 nitrogen and oxygen atoms in total. The number of hydrogen-bond donors (Lipinski definition) is 2. The van der Waals surface area contributed by atoms with E-state index in [0.717, 1.165) is 45.1 Å². The number of aromatic carboxylic acids is 1. The summed E-state index contributed by atoms with van der Waals surface area (Å²) in [5, 5.41) is 12.2. The molecule has 20 heavy (non-hydrogen) atoms. The molecule has 2 rings (SSSR count). The number of rotatable bonds is 5. The van der Waals surface area contributed by atoms with E-state index in [0.29, 0.717) is 11.6 Å². The number of hydrogen-bond acceptors (Lipinski definition) is 3. The summed E-state index contributed by atoms with van der Waals surface area (Å²) in [7, 11) is 0. The van der Waals surface area contributed by atoms with Crippen molar-refractivity contribution >= 4 is 11.7 Å². The Morgan fingerprint density at radius 3 is 2.75 bits per heavy atom. The molecule has 5 heteroatoms. The molecule has 0 unspecified atom stereocenters. The smallest absolute Gasteiger partial charge is 0.337 e. The van der Waals surface area contributed by atoms with E-state index in [2.05, 4.69) is 17.1 Å². The minimum atomic E-state index is -1.10. The van der Waals surface area contributed by atoms with Gasteiger partial charge in [-0.25, -0.2) is 9.18 Å². The molecule has 1 aromatic carbocycles. The Labute approximate surface area is 118 Å². The second-order valence-electron chi connectivity index (χ2n) is 5.25. The predicted octanol–water partition coefficient (Wildman–Crippen LogP) is 2.67. The number of nitrogens with zero attached hydrogens (tertiary/aromatic N) is 1. The van der Waals surface area contributed by atoms with E-state index in [9.17, 15) is 9.18 Å². The Morgan fingerprint density at radius 2 is 2.15 bits per heavy atom. The van der Waals surface area contributed by atoms with Gasteiger partial charge in [0.2, 0.25) is 0 Å². The minimum absolute atomic E-state index is 0.00371. The molecule has 110 valence electrons.